The van der Waals surface area contributed by atoms with Crippen LogP contribution in [0.1, 0.15) is 15.9 Å². The van der Waals surface area contributed by atoms with Gasteiger partial charge in [-0.3, -0.25) is 19.3 Å². The number of carbonyl (C=O) groups is 2. The third-order valence-corrected chi connectivity index (χ3v) is 5.49. The Labute approximate surface area is 160 Å². The molecule has 3 rings (SSSR count). The van der Waals surface area contributed by atoms with Crippen molar-refractivity contribution < 1.29 is 18.0 Å². The normalized spacial score (nSPS) is 15.7. The molecule has 0 fully saturated rings. The van der Waals surface area contributed by atoms with Gasteiger partial charge in [-0.1, -0.05) is 23.7 Å². The molecule has 0 bridgehead atoms. The van der Waals surface area contributed by atoms with Gasteiger partial charge in [0.05, 0.1) is 15.5 Å². The molecule has 10 heteroatoms. The molecular formula is C17H15ClN4O4S. The number of hydrogen-bond acceptors (Lipinski definition) is 5. The van der Waals surface area contributed by atoms with Crippen LogP contribution in [-0.2, 0) is 14.8 Å². The first-order valence-corrected chi connectivity index (χ1v) is 9.66. The number of nitrogens with zero attached hydrogens (tertiary/aromatic N) is 1. The molecule has 0 saturated carbocycles. The molecule has 140 valence electrons. The first-order valence-electron chi connectivity index (χ1n) is 7.80. The van der Waals surface area contributed by atoms with E-state index < -0.39 is 15.9 Å². The molecule has 8 nitrogen and oxygen atoms in total. The Morgan fingerprint density at radius 3 is 2.67 bits per heavy atom. The molecule has 2 amide bonds. The summed E-state index contributed by atoms with van der Waals surface area (Å²) in [5.41, 5.74) is 1.01. The third kappa shape index (κ3) is 3.93. The lowest BCUT2D eigenvalue weighted by Crippen LogP contribution is -2.24. The van der Waals surface area contributed by atoms with Crippen LogP contribution >= 0.6 is 11.6 Å². The van der Waals surface area contributed by atoms with Gasteiger partial charge in [-0.05, 0) is 30.3 Å². The number of sulfonamides is 1. The van der Waals surface area contributed by atoms with Crippen LogP contribution in [0.5, 0.6) is 0 Å². The average Bonchev–Trinajstić information content (AvgIpc) is 2.92. The van der Waals surface area contributed by atoms with Crippen LogP contribution in [-0.4, -0.2) is 39.7 Å². The highest BCUT2D eigenvalue weighted by atomic mass is 35.5. The fourth-order valence-electron chi connectivity index (χ4n) is 2.51. The van der Waals surface area contributed by atoms with E-state index >= 15 is 0 Å². The lowest BCUT2D eigenvalue weighted by atomic mass is 10.2. The largest absolute Gasteiger partial charge is 0.355 e. The van der Waals surface area contributed by atoms with Crippen molar-refractivity contribution in [2.24, 2.45) is 4.99 Å². The van der Waals surface area contributed by atoms with Gasteiger partial charge in [0.2, 0.25) is 5.91 Å². The summed E-state index contributed by atoms with van der Waals surface area (Å²) in [6.07, 6.45) is 0. The number of rotatable bonds is 4. The Balaban J connectivity index is 1.75. The summed E-state index contributed by atoms with van der Waals surface area (Å²) in [5, 5.41) is 5.31. The monoisotopic (exact) mass is 406 g/mol. The molecule has 1 aliphatic rings. The topological polar surface area (TPSA) is 117 Å². The molecule has 2 aromatic carbocycles. The number of nitrogens with one attached hydrogen (secondary N) is 3. The average molecular weight is 407 g/mol. The molecule has 0 radical (unpaired) electrons. The van der Waals surface area contributed by atoms with Crippen LogP contribution in [0.3, 0.4) is 0 Å². The maximum Gasteiger partial charge on any atom is 0.263 e. The van der Waals surface area contributed by atoms with E-state index in [-0.39, 0.29) is 33.8 Å². The summed E-state index contributed by atoms with van der Waals surface area (Å²) in [7, 11) is -2.18. The molecule has 27 heavy (non-hydrogen) atoms. The highest BCUT2D eigenvalue weighted by molar-refractivity contribution is 7.90. The van der Waals surface area contributed by atoms with Gasteiger partial charge in [-0.15, -0.1) is 0 Å². The number of aliphatic imine (C=N–C) groups is 1. The maximum atomic E-state index is 12.1. The van der Waals surface area contributed by atoms with Gasteiger partial charge < -0.3 is 10.6 Å². The van der Waals surface area contributed by atoms with Crippen LogP contribution in [0.25, 0.3) is 0 Å². The van der Waals surface area contributed by atoms with Crippen molar-refractivity contribution in [3.8, 4) is 0 Å². The molecule has 3 N–H and O–H groups in total. The molecule has 0 spiro atoms. The molecule has 1 aliphatic heterocycles. The van der Waals surface area contributed by atoms with Crippen molar-refractivity contribution in [3.63, 3.8) is 0 Å². The number of anilines is 1. The van der Waals surface area contributed by atoms with Gasteiger partial charge in [-0.2, -0.15) is 0 Å². The van der Waals surface area contributed by atoms with Crippen LogP contribution in [0.4, 0.5) is 5.69 Å². The number of fused-ring (bicyclic) bond motifs is 1. The summed E-state index contributed by atoms with van der Waals surface area (Å²) in [6.45, 7) is -0.301. The van der Waals surface area contributed by atoms with Crippen molar-refractivity contribution in [1.29, 1.82) is 0 Å². The molecule has 0 atom stereocenters. The van der Waals surface area contributed by atoms with E-state index in [1.165, 1.54) is 25.2 Å². The van der Waals surface area contributed by atoms with Crippen molar-refractivity contribution in [3.05, 3.63) is 58.6 Å². The van der Waals surface area contributed by atoms with E-state index in [2.05, 4.69) is 20.3 Å². The lowest BCUT2D eigenvalue weighted by molar-refractivity contribution is -0.114. The van der Waals surface area contributed by atoms with Gasteiger partial charge >= 0.3 is 0 Å². The summed E-state index contributed by atoms with van der Waals surface area (Å²) in [5.74, 6) is -0.743. The van der Waals surface area contributed by atoms with Crippen molar-refractivity contribution in [2.75, 3.05) is 18.9 Å². The van der Waals surface area contributed by atoms with Crippen LogP contribution < -0.4 is 15.4 Å². The molecule has 0 aromatic heterocycles. The fourth-order valence-corrected chi connectivity index (χ4v) is 3.97. The van der Waals surface area contributed by atoms with Gasteiger partial charge in [0.1, 0.15) is 12.4 Å². The molecule has 2 aromatic rings. The van der Waals surface area contributed by atoms with Crippen LogP contribution in [0.2, 0.25) is 5.02 Å². The highest BCUT2D eigenvalue weighted by Crippen LogP contribution is 2.22. The molecule has 0 unspecified atom stereocenters. The lowest BCUT2D eigenvalue weighted by Gasteiger charge is -2.08. The molecule has 1 heterocycles. The minimum Gasteiger partial charge on any atom is -0.355 e. The predicted molar refractivity (Wildman–Crippen MR) is 102 cm³/mol. The SMILES string of the molecule is CNC(=O)c1cc(NC(=O)CN=C2NS(=O)(=O)c3ccccc32)ccc1Cl. The second-order valence-corrected chi connectivity index (χ2v) is 7.65. The van der Waals surface area contributed by atoms with Gasteiger partial charge in [0.15, 0.2) is 0 Å². The Hall–Kier alpha value is -2.91. The number of carbonyl (C=O) groups excluding carboxylic acids is 2. The van der Waals surface area contributed by atoms with Crippen molar-refractivity contribution in [1.82, 2.24) is 10.0 Å². The summed E-state index contributed by atoms with van der Waals surface area (Å²) < 4.78 is 26.4. The predicted octanol–water partition coefficient (Wildman–Crippen LogP) is 1.38. The minimum atomic E-state index is -3.66. The third-order valence-electron chi connectivity index (χ3n) is 3.77. The van der Waals surface area contributed by atoms with Gasteiger partial charge in [-0.25, -0.2) is 8.42 Å². The van der Waals surface area contributed by atoms with Crippen LogP contribution in [0, 0.1) is 0 Å². The number of halogens is 1. The number of hydrogen-bond donors (Lipinski definition) is 3. The van der Waals surface area contributed by atoms with E-state index in [9.17, 15) is 18.0 Å². The summed E-state index contributed by atoms with van der Waals surface area (Å²) in [4.78, 5) is 28.1. The fraction of sp³-hybridized carbons (Fsp3) is 0.118. The zero-order valence-corrected chi connectivity index (χ0v) is 15.7. The first-order chi connectivity index (χ1) is 12.8. The van der Waals surface area contributed by atoms with Crippen LogP contribution in [0.15, 0.2) is 52.4 Å². The summed E-state index contributed by atoms with van der Waals surface area (Å²) >= 11 is 5.97. The Morgan fingerprint density at radius 2 is 1.93 bits per heavy atom. The Morgan fingerprint density at radius 1 is 1.19 bits per heavy atom. The van der Waals surface area contributed by atoms with Crippen molar-refractivity contribution in [2.45, 2.75) is 4.90 Å². The second-order valence-electron chi connectivity index (χ2n) is 5.59. The first kappa shape index (κ1) is 18.9. The standard InChI is InChI=1S/C17H15ClN4O4S/c1-19-17(24)12-8-10(6-7-13(12)18)21-15(23)9-20-16-11-4-2-3-5-14(11)27(25,26)22-16/h2-8H,9H2,1H3,(H,19,24)(H,20,22)(H,21,23). The number of benzene rings is 2. The van der Waals surface area contributed by atoms with E-state index in [1.54, 1.807) is 24.3 Å². The zero-order valence-electron chi connectivity index (χ0n) is 14.1. The maximum absolute atomic E-state index is 12.1. The number of amides is 2. The smallest absolute Gasteiger partial charge is 0.263 e. The highest BCUT2D eigenvalue weighted by Gasteiger charge is 2.30. The Kier molecular flexibility index (Phi) is 5.15. The minimum absolute atomic E-state index is 0.114. The van der Waals surface area contributed by atoms with Crippen molar-refractivity contribution >= 4 is 45.0 Å². The zero-order chi connectivity index (χ0) is 19.6. The molecular weight excluding hydrogens is 392 g/mol. The van der Waals surface area contributed by atoms with Gasteiger partial charge in [0, 0.05) is 18.3 Å². The molecule has 0 saturated heterocycles. The quantitative estimate of drug-likeness (QED) is 0.711. The van der Waals surface area contributed by atoms with Gasteiger partial charge in [0.25, 0.3) is 15.9 Å². The second kappa shape index (κ2) is 7.37. The van der Waals surface area contributed by atoms with E-state index in [4.69, 9.17) is 11.6 Å². The Bertz CT molecular complexity index is 1070. The molecule has 0 aliphatic carbocycles. The number of amidine groups is 1. The van der Waals surface area contributed by atoms with E-state index in [1.807, 2.05) is 0 Å². The van der Waals surface area contributed by atoms with E-state index in [0.717, 1.165) is 0 Å². The van der Waals surface area contributed by atoms with E-state index in [0.29, 0.717) is 11.3 Å². The summed E-state index contributed by atoms with van der Waals surface area (Å²) in [6, 6.07) is 10.9.